The van der Waals surface area contributed by atoms with Crippen molar-refractivity contribution in [3.63, 3.8) is 0 Å². The van der Waals surface area contributed by atoms with E-state index in [9.17, 15) is 9.59 Å². The number of hydrogen-bond acceptors (Lipinski definition) is 4. The maximum absolute atomic E-state index is 11.8. The van der Waals surface area contributed by atoms with Crippen LogP contribution < -0.4 is 5.73 Å². The highest BCUT2D eigenvalue weighted by atomic mass is 16.5. The van der Waals surface area contributed by atoms with Gasteiger partial charge in [-0.15, -0.1) is 0 Å². The molecule has 1 aliphatic carbocycles. The van der Waals surface area contributed by atoms with Crippen LogP contribution in [0.4, 0.5) is 0 Å². The van der Waals surface area contributed by atoms with E-state index in [0.29, 0.717) is 19.4 Å². The first-order chi connectivity index (χ1) is 6.99. The molecule has 3 N–H and O–H groups in total. The van der Waals surface area contributed by atoms with Gasteiger partial charge in [0.1, 0.15) is 6.54 Å². The van der Waals surface area contributed by atoms with E-state index in [1.165, 1.54) is 12.0 Å². The van der Waals surface area contributed by atoms with Crippen molar-refractivity contribution in [2.24, 2.45) is 5.73 Å². The number of hydrogen-bond donors (Lipinski definition) is 2. The molecule has 0 radical (unpaired) electrons. The highest BCUT2D eigenvalue weighted by Gasteiger charge is 2.48. The molecule has 0 unspecified atom stereocenters. The Morgan fingerprint density at radius 2 is 2.13 bits per heavy atom. The van der Waals surface area contributed by atoms with Crippen molar-refractivity contribution in [2.45, 2.75) is 18.4 Å². The van der Waals surface area contributed by atoms with Gasteiger partial charge in [0.25, 0.3) is 0 Å². The molecule has 0 atom stereocenters. The third kappa shape index (κ3) is 3.17. The molecule has 6 heteroatoms. The zero-order valence-electron chi connectivity index (χ0n) is 8.73. The third-order valence-electron chi connectivity index (χ3n) is 2.39. The minimum absolute atomic E-state index is 0.264. The maximum Gasteiger partial charge on any atom is 0.323 e. The standard InChI is InChI=1S/C9H16N2O4/c1-15-5-4-11(6-7(12)13)8(14)9(10)2-3-9/h2-6,10H2,1H3,(H,12,13). The number of ether oxygens (including phenoxy) is 1. The first kappa shape index (κ1) is 11.9. The lowest BCUT2D eigenvalue weighted by molar-refractivity contribution is -0.145. The van der Waals surface area contributed by atoms with E-state index in [1.807, 2.05) is 0 Å². The number of aliphatic carboxylic acids is 1. The predicted octanol–water partition coefficient (Wildman–Crippen LogP) is -0.963. The molecule has 0 aromatic carbocycles. The molecule has 0 aromatic heterocycles. The molecule has 1 aliphatic rings. The van der Waals surface area contributed by atoms with Crippen molar-refractivity contribution >= 4 is 11.9 Å². The number of carbonyl (C=O) groups excluding carboxylic acids is 1. The summed E-state index contributed by atoms with van der Waals surface area (Å²) in [6, 6.07) is 0. The molecule has 0 aliphatic heterocycles. The molecular formula is C9H16N2O4. The largest absolute Gasteiger partial charge is 0.480 e. The Bertz CT molecular complexity index is 263. The van der Waals surface area contributed by atoms with E-state index in [-0.39, 0.29) is 19.0 Å². The number of carboxylic acid groups (broad SMARTS) is 1. The van der Waals surface area contributed by atoms with E-state index in [2.05, 4.69) is 0 Å². The van der Waals surface area contributed by atoms with Gasteiger partial charge in [-0.25, -0.2) is 0 Å². The Balaban J connectivity index is 2.54. The average Bonchev–Trinajstić information content (AvgIpc) is 2.90. The van der Waals surface area contributed by atoms with Crippen LogP contribution in [0.1, 0.15) is 12.8 Å². The van der Waals surface area contributed by atoms with Gasteiger partial charge in [-0.2, -0.15) is 0 Å². The van der Waals surface area contributed by atoms with Crippen LogP contribution in [0.3, 0.4) is 0 Å². The normalized spacial score (nSPS) is 17.2. The SMILES string of the molecule is COCCN(CC(=O)O)C(=O)C1(N)CC1. The van der Waals surface area contributed by atoms with Crippen LogP contribution in [-0.2, 0) is 14.3 Å². The fourth-order valence-corrected chi connectivity index (χ4v) is 1.28. The van der Waals surface area contributed by atoms with E-state index in [0.717, 1.165) is 0 Å². The highest BCUT2D eigenvalue weighted by molar-refractivity contribution is 5.91. The number of carboxylic acids is 1. The zero-order valence-corrected chi connectivity index (χ0v) is 8.73. The topological polar surface area (TPSA) is 92.9 Å². The Hall–Kier alpha value is -1.14. The van der Waals surface area contributed by atoms with Gasteiger partial charge in [-0.3, -0.25) is 9.59 Å². The number of carbonyl (C=O) groups is 2. The molecule has 6 nitrogen and oxygen atoms in total. The Morgan fingerprint density at radius 1 is 1.53 bits per heavy atom. The van der Waals surface area contributed by atoms with Gasteiger partial charge in [-0.1, -0.05) is 0 Å². The summed E-state index contributed by atoms with van der Waals surface area (Å²) >= 11 is 0. The summed E-state index contributed by atoms with van der Waals surface area (Å²) in [6.07, 6.45) is 1.27. The number of nitrogens with zero attached hydrogens (tertiary/aromatic N) is 1. The molecule has 0 heterocycles. The van der Waals surface area contributed by atoms with Crippen LogP contribution in [-0.4, -0.2) is 54.2 Å². The van der Waals surface area contributed by atoms with E-state index in [1.54, 1.807) is 0 Å². The average molecular weight is 216 g/mol. The minimum atomic E-state index is -1.04. The number of methoxy groups -OCH3 is 1. The lowest BCUT2D eigenvalue weighted by atomic mass is 10.2. The van der Waals surface area contributed by atoms with E-state index < -0.39 is 11.5 Å². The van der Waals surface area contributed by atoms with Crippen molar-refractivity contribution < 1.29 is 19.4 Å². The van der Waals surface area contributed by atoms with Crippen molar-refractivity contribution in [3.05, 3.63) is 0 Å². The van der Waals surface area contributed by atoms with Gasteiger partial charge in [0, 0.05) is 13.7 Å². The second-order valence-electron chi connectivity index (χ2n) is 3.77. The lowest BCUT2D eigenvalue weighted by Crippen LogP contribution is -2.48. The van der Waals surface area contributed by atoms with Crippen LogP contribution in [0.25, 0.3) is 0 Å². The molecule has 1 saturated carbocycles. The molecule has 86 valence electrons. The quantitative estimate of drug-likeness (QED) is 0.596. The fraction of sp³-hybridized carbons (Fsp3) is 0.778. The molecule has 1 amide bonds. The van der Waals surface area contributed by atoms with E-state index >= 15 is 0 Å². The van der Waals surface area contributed by atoms with Gasteiger partial charge < -0.3 is 20.5 Å². The third-order valence-corrected chi connectivity index (χ3v) is 2.39. The summed E-state index contributed by atoms with van der Waals surface area (Å²) in [5.74, 6) is -1.33. The summed E-state index contributed by atoms with van der Waals surface area (Å²) in [4.78, 5) is 23.5. The molecular weight excluding hydrogens is 200 g/mol. The minimum Gasteiger partial charge on any atom is -0.480 e. The van der Waals surface area contributed by atoms with Crippen molar-refractivity contribution in [3.8, 4) is 0 Å². The van der Waals surface area contributed by atoms with Gasteiger partial charge >= 0.3 is 5.97 Å². The lowest BCUT2D eigenvalue weighted by Gasteiger charge is -2.23. The Morgan fingerprint density at radius 3 is 2.53 bits per heavy atom. The zero-order chi connectivity index (χ0) is 11.5. The van der Waals surface area contributed by atoms with Crippen LogP contribution in [0.5, 0.6) is 0 Å². The smallest absolute Gasteiger partial charge is 0.323 e. The molecule has 1 fully saturated rings. The molecule has 0 saturated heterocycles. The van der Waals surface area contributed by atoms with Crippen molar-refractivity contribution in [1.82, 2.24) is 4.90 Å². The summed E-state index contributed by atoms with van der Waals surface area (Å²) in [6.45, 7) is 0.261. The summed E-state index contributed by atoms with van der Waals surface area (Å²) < 4.78 is 4.81. The van der Waals surface area contributed by atoms with E-state index in [4.69, 9.17) is 15.6 Å². The Labute approximate surface area is 88.0 Å². The number of nitrogens with two attached hydrogens (primary N) is 1. The van der Waals surface area contributed by atoms with Crippen LogP contribution in [0.15, 0.2) is 0 Å². The van der Waals surface area contributed by atoms with Crippen LogP contribution in [0.2, 0.25) is 0 Å². The monoisotopic (exact) mass is 216 g/mol. The van der Waals surface area contributed by atoms with Gasteiger partial charge in [-0.05, 0) is 12.8 Å². The number of amides is 1. The number of rotatable bonds is 6. The first-order valence-corrected chi connectivity index (χ1v) is 4.78. The van der Waals surface area contributed by atoms with Crippen LogP contribution in [0, 0.1) is 0 Å². The second-order valence-corrected chi connectivity index (χ2v) is 3.77. The maximum atomic E-state index is 11.8. The van der Waals surface area contributed by atoms with Crippen molar-refractivity contribution in [2.75, 3.05) is 26.8 Å². The summed E-state index contributed by atoms with van der Waals surface area (Å²) in [7, 11) is 1.50. The molecule has 15 heavy (non-hydrogen) atoms. The Kier molecular flexibility index (Phi) is 3.65. The molecule has 0 spiro atoms. The highest BCUT2D eigenvalue weighted by Crippen LogP contribution is 2.33. The molecule has 1 rings (SSSR count). The summed E-state index contributed by atoms with van der Waals surface area (Å²) in [5.41, 5.74) is 4.90. The predicted molar refractivity (Wildman–Crippen MR) is 52.2 cm³/mol. The van der Waals surface area contributed by atoms with Gasteiger partial charge in [0.15, 0.2) is 0 Å². The molecule has 0 bridgehead atoms. The van der Waals surface area contributed by atoms with Crippen molar-refractivity contribution in [1.29, 1.82) is 0 Å². The second kappa shape index (κ2) is 4.59. The molecule has 0 aromatic rings. The van der Waals surface area contributed by atoms with Gasteiger partial charge in [0.05, 0.1) is 12.1 Å². The van der Waals surface area contributed by atoms with Crippen LogP contribution >= 0.6 is 0 Å². The summed E-state index contributed by atoms with van der Waals surface area (Å²) in [5, 5.41) is 8.64. The first-order valence-electron chi connectivity index (χ1n) is 4.78. The fourth-order valence-electron chi connectivity index (χ4n) is 1.28. The van der Waals surface area contributed by atoms with Gasteiger partial charge in [0.2, 0.25) is 5.91 Å².